The molecular weight excluding hydrogens is 271 g/mol. The standard InChI is InChI=1S/C16H19FN2O2/c1-3-18-6-4-5-7-21-16(20)13-10-19-14-9-12(17)8-11(2)15(13)14/h3,8-10,18-19H,1,4-7H2,2H3. The Morgan fingerprint density at radius 2 is 2.29 bits per heavy atom. The van der Waals surface area contributed by atoms with Crippen molar-refractivity contribution in [2.75, 3.05) is 13.2 Å². The number of ether oxygens (including phenoxy) is 1. The van der Waals surface area contributed by atoms with Crippen molar-refractivity contribution in [1.29, 1.82) is 0 Å². The van der Waals surface area contributed by atoms with Crippen molar-refractivity contribution in [2.45, 2.75) is 19.8 Å². The van der Waals surface area contributed by atoms with Crippen LogP contribution in [0.2, 0.25) is 0 Å². The fourth-order valence-corrected chi connectivity index (χ4v) is 2.27. The van der Waals surface area contributed by atoms with Gasteiger partial charge in [0, 0.05) is 23.6 Å². The number of rotatable bonds is 7. The molecule has 0 radical (unpaired) electrons. The van der Waals surface area contributed by atoms with Crippen LogP contribution in [0.25, 0.3) is 10.9 Å². The quantitative estimate of drug-likeness (QED) is 0.608. The third kappa shape index (κ3) is 3.62. The average molecular weight is 290 g/mol. The molecule has 0 amide bonds. The van der Waals surface area contributed by atoms with Crippen LogP contribution in [0.15, 0.2) is 31.1 Å². The van der Waals surface area contributed by atoms with E-state index in [1.54, 1.807) is 19.3 Å². The minimum Gasteiger partial charge on any atom is -0.462 e. The van der Waals surface area contributed by atoms with Crippen molar-refractivity contribution in [3.05, 3.63) is 48.1 Å². The summed E-state index contributed by atoms with van der Waals surface area (Å²) in [4.78, 5) is 15.0. The first-order chi connectivity index (χ1) is 10.1. The fraction of sp³-hybridized carbons (Fsp3) is 0.312. The van der Waals surface area contributed by atoms with Gasteiger partial charge in [0.1, 0.15) is 5.82 Å². The minimum atomic E-state index is -0.382. The molecule has 0 aliphatic rings. The molecule has 2 aromatic rings. The Morgan fingerprint density at radius 1 is 1.48 bits per heavy atom. The normalized spacial score (nSPS) is 10.6. The number of fused-ring (bicyclic) bond motifs is 1. The van der Waals surface area contributed by atoms with Gasteiger partial charge in [0.05, 0.1) is 12.2 Å². The summed E-state index contributed by atoms with van der Waals surface area (Å²) in [5.74, 6) is -0.705. The van der Waals surface area contributed by atoms with Gasteiger partial charge in [-0.05, 0) is 43.7 Å². The summed E-state index contributed by atoms with van der Waals surface area (Å²) in [6.45, 7) is 6.51. The lowest BCUT2D eigenvalue weighted by molar-refractivity contribution is 0.0501. The lowest BCUT2D eigenvalue weighted by Crippen LogP contribution is -2.10. The molecule has 0 bridgehead atoms. The molecule has 0 saturated carbocycles. The summed E-state index contributed by atoms with van der Waals surface area (Å²) in [6, 6.07) is 2.79. The number of carbonyl (C=O) groups excluding carboxylic acids is 1. The van der Waals surface area contributed by atoms with Crippen LogP contribution in [0.5, 0.6) is 0 Å². The third-order valence-corrected chi connectivity index (χ3v) is 3.25. The van der Waals surface area contributed by atoms with E-state index >= 15 is 0 Å². The summed E-state index contributed by atoms with van der Waals surface area (Å²) in [5.41, 5.74) is 1.77. The van der Waals surface area contributed by atoms with Crippen LogP contribution >= 0.6 is 0 Å². The third-order valence-electron chi connectivity index (χ3n) is 3.25. The second-order valence-electron chi connectivity index (χ2n) is 4.85. The van der Waals surface area contributed by atoms with Gasteiger partial charge in [0.25, 0.3) is 0 Å². The van der Waals surface area contributed by atoms with Gasteiger partial charge in [-0.2, -0.15) is 0 Å². The summed E-state index contributed by atoms with van der Waals surface area (Å²) in [7, 11) is 0. The summed E-state index contributed by atoms with van der Waals surface area (Å²) in [6.07, 6.45) is 4.89. The maximum absolute atomic E-state index is 13.3. The molecule has 4 nitrogen and oxygen atoms in total. The molecule has 2 rings (SSSR count). The number of carbonyl (C=O) groups is 1. The van der Waals surface area contributed by atoms with Crippen LogP contribution in [0.1, 0.15) is 28.8 Å². The summed E-state index contributed by atoms with van der Waals surface area (Å²) < 4.78 is 18.6. The minimum absolute atomic E-state index is 0.323. The maximum Gasteiger partial charge on any atom is 0.340 e. The monoisotopic (exact) mass is 290 g/mol. The molecule has 1 heterocycles. The highest BCUT2D eigenvalue weighted by molar-refractivity contribution is 6.05. The Balaban J connectivity index is 1.98. The highest BCUT2D eigenvalue weighted by atomic mass is 19.1. The molecule has 0 aliphatic heterocycles. The lowest BCUT2D eigenvalue weighted by Gasteiger charge is -2.05. The van der Waals surface area contributed by atoms with E-state index in [9.17, 15) is 9.18 Å². The van der Waals surface area contributed by atoms with E-state index in [2.05, 4.69) is 16.9 Å². The van der Waals surface area contributed by atoms with Gasteiger partial charge >= 0.3 is 5.97 Å². The van der Waals surface area contributed by atoms with E-state index in [1.807, 2.05) is 0 Å². The van der Waals surface area contributed by atoms with Crippen molar-refractivity contribution < 1.29 is 13.9 Å². The van der Waals surface area contributed by atoms with Crippen LogP contribution in [-0.4, -0.2) is 24.1 Å². The van der Waals surface area contributed by atoms with Gasteiger partial charge in [-0.25, -0.2) is 9.18 Å². The number of unbranched alkanes of at least 4 members (excludes halogenated alkanes) is 1. The number of H-pyrrole nitrogens is 1. The van der Waals surface area contributed by atoms with Crippen LogP contribution in [0.3, 0.4) is 0 Å². The molecule has 1 aromatic heterocycles. The van der Waals surface area contributed by atoms with Crippen LogP contribution in [0.4, 0.5) is 4.39 Å². The second-order valence-corrected chi connectivity index (χ2v) is 4.85. The number of halogens is 1. The van der Waals surface area contributed by atoms with Gasteiger partial charge in [0.15, 0.2) is 0 Å². The van der Waals surface area contributed by atoms with Gasteiger partial charge in [-0.3, -0.25) is 0 Å². The molecule has 5 heteroatoms. The van der Waals surface area contributed by atoms with Crippen molar-refractivity contribution >= 4 is 16.9 Å². The maximum atomic E-state index is 13.3. The van der Waals surface area contributed by atoms with E-state index in [4.69, 9.17) is 4.74 Å². The number of benzene rings is 1. The van der Waals surface area contributed by atoms with Crippen LogP contribution < -0.4 is 5.32 Å². The number of aromatic amines is 1. The predicted octanol–water partition coefficient (Wildman–Crippen LogP) is 3.29. The molecule has 1 aromatic carbocycles. The molecule has 0 spiro atoms. The van der Waals surface area contributed by atoms with Crippen molar-refractivity contribution in [1.82, 2.24) is 10.3 Å². The Labute approximate surface area is 123 Å². The van der Waals surface area contributed by atoms with Gasteiger partial charge in [0.2, 0.25) is 0 Å². The highest BCUT2D eigenvalue weighted by Crippen LogP contribution is 2.24. The molecule has 2 N–H and O–H groups in total. The Bertz CT molecular complexity index is 649. The smallest absolute Gasteiger partial charge is 0.340 e. The van der Waals surface area contributed by atoms with Gasteiger partial charge in [-0.1, -0.05) is 6.58 Å². The molecule has 112 valence electrons. The van der Waals surface area contributed by atoms with Gasteiger partial charge < -0.3 is 15.0 Å². The van der Waals surface area contributed by atoms with Crippen molar-refractivity contribution in [3.63, 3.8) is 0 Å². The Kier molecular flexibility index (Phi) is 4.98. The first-order valence-corrected chi connectivity index (χ1v) is 6.92. The molecule has 0 fully saturated rings. The fourth-order valence-electron chi connectivity index (χ4n) is 2.27. The van der Waals surface area contributed by atoms with E-state index in [0.29, 0.717) is 23.3 Å². The number of aryl methyl sites for hydroxylation is 1. The number of aromatic nitrogens is 1. The lowest BCUT2D eigenvalue weighted by atomic mass is 10.1. The highest BCUT2D eigenvalue weighted by Gasteiger charge is 2.15. The number of nitrogens with one attached hydrogen (secondary N) is 2. The molecule has 0 saturated heterocycles. The average Bonchev–Trinajstić information content (AvgIpc) is 2.86. The number of hydrogen-bond donors (Lipinski definition) is 2. The zero-order valence-electron chi connectivity index (χ0n) is 12.0. The van der Waals surface area contributed by atoms with Crippen LogP contribution in [0, 0.1) is 12.7 Å². The first-order valence-electron chi connectivity index (χ1n) is 6.92. The zero-order valence-corrected chi connectivity index (χ0v) is 12.0. The van der Waals surface area contributed by atoms with Crippen molar-refractivity contribution in [3.8, 4) is 0 Å². The van der Waals surface area contributed by atoms with E-state index in [-0.39, 0.29) is 11.8 Å². The molecule has 21 heavy (non-hydrogen) atoms. The first kappa shape index (κ1) is 15.1. The molecule has 0 unspecified atom stereocenters. The molecular formula is C16H19FN2O2. The van der Waals surface area contributed by atoms with Crippen molar-refractivity contribution in [2.24, 2.45) is 0 Å². The Hall–Kier alpha value is -2.30. The van der Waals surface area contributed by atoms with E-state index in [0.717, 1.165) is 24.8 Å². The number of hydrogen-bond acceptors (Lipinski definition) is 3. The van der Waals surface area contributed by atoms with E-state index in [1.165, 1.54) is 12.1 Å². The summed E-state index contributed by atoms with van der Waals surface area (Å²) in [5, 5.41) is 3.70. The van der Waals surface area contributed by atoms with Crippen LogP contribution in [-0.2, 0) is 4.74 Å². The topological polar surface area (TPSA) is 54.1 Å². The second kappa shape index (κ2) is 6.92. The zero-order chi connectivity index (χ0) is 15.2. The predicted molar refractivity (Wildman–Crippen MR) is 80.7 cm³/mol. The SMILES string of the molecule is C=CNCCCCOC(=O)c1c[nH]c2cc(F)cc(C)c12. The molecule has 0 atom stereocenters. The Morgan fingerprint density at radius 3 is 3.05 bits per heavy atom. The van der Waals surface area contributed by atoms with Gasteiger partial charge in [-0.15, -0.1) is 0 Å². The largest absolute Gasteiger partial charge is 0.462 e. The summed E-state index contributed by atoms with van der Waals surface area (Å²) >= 11 is 0. The molecule has 0 aliphatic carbocycles. The number of esters is 1. The van der Waals surface area contributed by atoms with E-state index < -0.39 is 0 Å².